The van der Waals surface area contributed by atoms with Gasteiger partial charge < -0.3 is 10.0 Å². The van der Waals surface area contributed by atoms with Crippen LogP contribution in [0.15, 0.2) is 18.3 Å². The third kappa shape index (κ3) is 1.58. The first kappa shape index (κ1) is 11.0. The lowest BCUT2D eigenvalue weighted by Crippen LogP contribution is -2.60. The van der Waals surface area contributed by atoms with Gasteiger partial charge in [0.1, 0.15) is 5.41 Å². The molecule has 0 bridgehead atoms. The highest BCUT2D eigenvalue weighted by atomic mass is 16.4. The molecule has 1 aromatic rings. The molecule has 1 aromatic heterocycles. The summed E-state index contributed by atoms with van der Waals surface area (Å²) in [4.78, 5) is 16.0. The molecular formula is C12H9N3O2. The van der Waals surface area contributed by atoms with Crippen molar-refractivity contribution in [3.05, 3.63) is 29.6 Å². The second kappa shape index (κ2) is 3.80. The number of amides is 1. The van der Waals surface area contributed by atoms with Crippen molar-refractivity contribution in [3.63, 3.8) is 0 Å². The normalized spacial score (nSPS) is 16.5. The van der Waals surface area contributed by atoms with Gasteiger partial charge in [0.05, 0.1) is 24.9 Å². The average Bonchev–Trinajstić information content (AvgIpc) is 2.28. The Morgan fingerprint density at radius 1 is 1.65 bits per heavy atom. The highest BCUT2D eigenvalue weighted by molar-refractivity contribution is 5.68. The minimum absolute atomic E-state index is 0.116. The molecular weight excluding hydrogens is 218 g/mol. The van der Waals surface area contributed by atoms with Gasteiger partial charge in [-0.25, -0.2) is 4.79 Å². The molecule has 5 nitrogen and oxygen atoms in total. The first-order valence-electron chi connectivity index (χ1n) is 4.94. The summed E-state index contributed by atoms with van der Waals surface area (Å²) in [5.41, 5.74) is 0.128. The van der Waals surface area contributed by atoms with E-state index in [2.05, 4.69) is 17.0 Å². The van der Waals surface area contributed by atoms with E-state index in [1.807, 2.05) is 0 Å². The summed E-state index contributed by atoms with van der Waals surface area (Å²) in [5, 5.41) is 18.0. The number of terminal acetylenes is 1. The van der Waals surface area contributed by atoms with Crippen molar-refractivity contribution in [1.82, 2.24) is 9.88 Å². The van der Waals surface area contributed by atoms with Crippen LogP contribution in [0.25, 0.3) is 0 Å². The molecule has 0 atom stereocenters. The molecule has 2 heterocycles. The molecule has 2 rings (SSSR count). The minimum Gasteiger partial charge on any atom is -0.465 e. The van der Waals surface area contributed by atoms with Gasteiger partial charge in [-0.2, -0.15) is 5.26 Å². The number of hydrogen-bond acceptors (Lipinski definition) is 3. The van der Waals surface area contributed by atoms with E-state index in [-0.39, 0.29) is 13.1 Å². The van der Waals surface area contributed by atoms with Crippen LogP contribution >= 0.6 is 0 Å². The molecule has 1 aliphatic heterocycles. The van der Waals surface area contributed by atoms with Gasteiger partial charge in [0.25, 0.3) is 0 Å². The monoisotopic (exact) mass is 227 g/mol. The maximum atomic E-state index is 10.7. The average molecular weight is 227 g/mol. The topological polar surface area (TPSA) is 77.2 Å². The maximum absolute atomic E-state index is 10.7. The zero-order valence-electron chi connectivity index (χ0n) is 8.92. The molecule has 0 unspecified atom stereocenters. The lowest BCUT2D eigenvalue weighted by Gasteiger charge is -2.43. The summed E-state index contributed by atoms with van der Waals surface area (Å²) >= 11 is 0. The summed E-state index contributed by atoms with van der Waals surface area (Å²) in [6.07, 6.45) is 5.87. The standard InChI is InChI=1S/C12H9N3O2/c1-2-9-4-3-5-14-10(9)12(6-13)7-15(8-12)11(16)17/h1,3-5H,7-8H2,(H,16,17). The van der Waals surface area contributed by atoms with Crippen molar-refractivity contribution in [2.24, 2.45) is 0 Å². The second-order valence-electron chi connectivity index (χ2n) is 3.88. The van der Waals surface area contributed by atoms with E-state index in [0.29, 0.717) is 11.3 Å². The predicted octanol–water partition coefficient (Wildman–Crippen LogP) is 0.818. The van der Waals surface area contributed by atoms with Gasteiger partial charge in [0, 0.05) is 11.8 Å². The van der Waals surface area contributed by atoms with Crippen molar-refractivity contribution in [1.29, 1.82) is 5.26 Å². The number of carboxylic acid groups (broad SMARTS) is 1. The van der Waals surface area contributed by atoms with E-state index in [1.54, 1.807) is 18.3 Å². The van der Waals surface area contributed by atoms with Gasteiger partial charge in [-0.1, -0.05) is 5.92 Å². The van der Waals surface area contributed by atoms with Crippen molar-refractivity contribution in [2.45, 2.75) is 5.41 Å². The summed E-state index contributed by atoms with van der Waals surface area (Å²) in [5.74, 6) is 2.47. The number of carbonyl (C=O) groups is 1. The Labute approximate surface area is 98.3 Å². The van der Waals surface area contributed by atoms with Crippen LogP contribution in [-0.2, 0) is 5.41 Å². The molecule has 1 fully saturated rings. The first-order chi connectivity index (χ1) is 8.13. The van der Waals surface area contributed by atoms with E-state index in [1.165, 1.54) is 0 Å². The predicted molar refractivity (Wildman–Crippen MR) is 59.1 cm³/mol. The van der Waals surface area contributed by atoms with Crippen LogP contribution < -0.4 is 0 Å². The van der Waals surface area contributed by atoms with Crippen LogP contribution in [-0.4, -0.2) is 34.2 Å². The maximum Gasteiger partial charge on any atom is 0.407 e. The third-order valence-electron chi connectivity index (χ3n) is 2.82. The fourth-order valence-corrected chi connectivity index (χ4v) is 1.92. The zero-order valence-corrected chi connectivity index (χ0v) is 8.92. The molecule has 1 saturated heterocycles. The van der Waals surface area contributed by atoms with Gasteiger partial charge in [0.15, 0.2) is 0 Å². The largest absolute Gasteiger partial charge is 0.465 e. The van der Waals surface area contributed by atoms with Gasteiger partial charge in [-0.05, 0) is 12.1 Å². The Hall–Kier alpha value is -2.53. The number of aromatic nitrogens is 1. The molecule has 5 heteroatoms. The van der Waals surface area contributed by atoms with Gasteiger partial charge in [-0.3, -0.25) is 4.98 Å². The minimum atomic E-state index is -1.03. The molecule has 17 heavy (non-hydrogen) atoms. The van der Waals surface area contributed by atoms with Crippen LogP contribution in [0.5, 0.6) is 0 Å². The SMILES string of the molecule is C#Cc1cccnc1C1(C#N)CN(C(=O)O)C1. The van der Waals surface area contributed by atoms with Gasteiger partial charge in [-0.15, -0.1) is 6.42 Å². The highest BCUT2D eigenvalue weighted by Crippen LogP contribution is 2.34. The van der Waals surface area contributed by atoms with Crippen LogP contribution in [0.4, 0.5) is 4.79 Å². The van der Waals surface area contributed by atoms with Crippen LogP contribution in [0, 0.1) is 23.7 Å². The fourth-order valence-electron chi connectivity index (χ4n) is 1.92. The fraction of sp³-hybridized carbons (Fsp3) is 0.250. The van der Waals surface area contributed by atoms with Crippen molar-refractivity contribution >= 4 is 6.09 Å². The summed E-state index contributed by atoms with van der Waals surface area (Å²) in [6.45, 7) is 0.231. The summed E-state index contributed by atoms with van der Waals surface area (Å²) in [7, 11) is 0. The lowest BCUT2D eigenvalue weighted by molar-refractivity contribution is 0.0816. The van der Waals surface area contributed by atoms with Crippen LogP contribution in [0.3, 0.4) is 0 Å². The zero-order chi connectivity index (χ0) is 12.5. The van der Waals surface area contributed by atoms with Crippen LogP contribution in [0.1, 0.15) is 11.3 Å². The number of nitriles is 1. The Balaban J connectivity index is 2.37. The number of hydrogen-bond donors (Lipinski definition) is 1. The summed E-state index contributed by atoms with van der Waals surface area (Å²) in [6, 6.07) is 5.52. The molecule has 0 spiro atoms. The van der Waals surface area contributed by atoms with Gasteiger partial charge in [0.2, 0.25) is 0 Å². The lowest BCUT2D eigenvalue weighted by atomic mass is 9.76. The molecule has 0 radical (unpaired) electrons. The Kier molecular flexibility index (Phi) is 2.45. The van der Waals surface area contributed by atoms with Crippen molar-refractivity contribution < 1.29 is 9.90 Å². The van der Waals surface area contributed by atoms with E-state index >= 15 is 0 Å². The molecule has 0 aromatic carbocycles. The molecule has 1 N–H and O–H groups in total. The summed E-state index contributed by atoms with van der Waals surface area (Å²) < 4.78 is 0. The smallest absolute Gasteiger partial charge is 0.407 e. The van der Waals surface area contributed by atoms with E-state index in [0.717, 1.165) is 4.90 Å². The highest BCUT2D eigenvalue weighted by Gasteiger charge is 2.49. The number of rotatable bonds is 1. The molecule has 0 saturated carbocycles. The number of pyridine rings is 1. The van der Waals surface area contributed by atoms with Gasteiger partial charge >= 0.3 is 6.09 Å². The third-order valence-corrected chi connectivity index (χ3v) is 2.82. The van der Waals surface area contributed by atoms with E-state index in [9.17, 15) is 10.1 Å². The Morgan fingerprint density at radius 2 is 2.35 bits per heavy atom. The van der Waals surface area contributed by atoms with Crippen molar-refractivity contribution in [3.8, 4) is 18.4 Å². The molecule has 0 aliphatic carbocycles. The second-order valence-corrected chi connectivity index (χ2v) is 3.88. The number of nitrogens with zero attached hydrogens (tertiary/aromatic N) is 3. The molecule has 1 aliphatic rings. The van der Waals surface area contributed by atoms with Crippen molar-refractivity contribution in [2.75, 3.05) is 13.1 Å². The number of likely N-dealkylation sites (tertiary alicyclic amines) is 1. The van der Waals surface area contributed by atoms with E-state index < -0.39 is 11.5 Å². The Morgan fingerprint density at radius 3 is 2.88 bits per heavy atom. The Bertz CT molecular complexity index is 548. The first-order valence-corrected chi connectivity index (χ1v) is 4.94. The quantitative estimate of drug-likeness (QED) is 0.720. The van der Waals surface area contributed by atoms with E-state index in [4.69, 9.17) is 11.5 Å². The molecule has 84 valence electrons. The molecule has 1 amide bonds. The van der Waals surface area contributed by atoms with Crippen LogP contribution in [0.2, 0.25) is 0 Å².